The molecule has 1 spiro atoms. The molecule has 2 fully saturated rings. The Morgan fingerprint density at radius 2 is 1.78 bits per heavy atom. The average Bonchev–Trinajstić information content (AvgIpc) is 3.19. The third-order valence-electron chi connectivity index (χ3n) is 4.96. The molecule has 0 atom stereocenters. The summed E-state index contributed by atoms with van der Waals surface area (Å²) < 4.78 is 37.5. The maximum Gasteiger partial charge on any atom is 0.321 e. The number of rotatable bonds is 4. The molecule has 5 nitrogen and oxygen atoms in total. The molecule has 8 heteroatoms. The molecule has 4 rings (SSSR count). The Balaban J connectivity index is 1.45. The van der Waals surface area contributed by atoms with Crippen LogP contribution in [-0.4, -0.2) is 37.1 Å². The summed E-state index contributed by atoms with van der Waals surface area (Å²) >= 11 is 6.03. The van der Waals surface area contributed by atoms with E-state index < -0.39 is 17.4 Å². The van der Waals surface area contributed by atoms with E-state index in [0.717, 1.165) is 0 Å². The molecule has 0 radical (unpaired) electrons. The van der Waals surface area contributed by atoms with Gasteiger partial charge in [-0.2, -0.15) is 0 Å². The number of nitrogens with one attached hydrogen (secondary N) is 1. The summed E-state index contributed by atoms with van der Waals surface area (Å²) in [6.07, 6.45) is -0.146. The van der Waals surface area contributed by atoms with Gasteiger partial charge in [0.1, 0.15) is 11.5 Å². The van der Waals surface area contributed by atoms with Gasteiger partial charge in [-0.05, 0) is 42.5 Å². The van der Waals surface area contributed by atoms with E-state index in [4.69, 9.17) is 21.1 Å². The SMILES string of the molecule is COc1ccc(Oc2ccc(Cl)cc2NC(=O)N2CC3(C2)CC3(F)F)cc1. The molecule has 2 aromatic carbocycles. The first-order valence-electron chi connectivity index (χ1n) is 8.37. The highest BCUT2D eigenvalue weighted by atomic mass is 35.5. The van der Waals surface area contributed by atoms with Crippen molar-refractivity contribution in [3.05, 3.63) is 47.5 Å². The molecular weight excluding hydrogens is 378 g/mol. The van der Waals surface area contributed by atoms with E-state index >= 15 is 0 Å². The van der Waals surface area contributed by atoms with Crippen molar-refractivity contribution in [3.63, 3.8) is 0 Å². The zero-order chi connectivity index (χ0) is 19.2. The van der Waals surface area contributed by atoms with Gasteiger partial charge in [0.05, 0.1) is 18.2 Å². The maximum atomic E-state index is 13.3. The number of methoxy groups -OCH3 is 1. The van der Waals surface area contributed by atoms with E-state index in [-0.39, 0.29) is 19.5 Å². The summed E-state index contributed by atoms with van der Waals surface area (Å²) in [6.45, 7) is 0.113. The topological polar surface area (TPSA) is 50.8 Å². The highest BCUT2D eigenvalue weighted by Crippen LogP contribution is 2.65. The zero-order valence-electron chi connectivity index (χ0n) is 14.5. The number of carbonyl (C=O) groups excluding carboxylic acids is 1. The van der Waals surface area contributed by atoms with Crippen LogP contribution >= 0.6 is 11.6 Å². The van der Waals surface area contributed by atoms with E-state index in [1.165, 1.54) is 4.90 Å². The normalized spacial score (nSPS) is 18.6. The predicted octanol–water partition coefficient (Wildman–Crippen LogP) is 5.01. The molecule has 1 N–H and O–H groups in total. The van der Waals surface area contributed by atoms with E-state index in [1.807, 2.05) is 0 Å². The van der Waals surface area contributed by atoms with Crippen LogP contribution in [0.3, 0.4) is 0 Å². The first-order chi connectivity index (χ1) is 12.8. The van der Waals surface area contributed by atoms with Crippen molar-refractivity contribution in [2.24, 2.45) is 5.41 Å². The number of anilines is 1. The Morgan fingerprint density at radius 3 is 2.37 bits per heavy atom. The van der Waals surface area contributed by atoms with Crippen LogP contribution in [-0.2, 0) is 0 Å². The Morgan fingerprint density at radius 1 is 1.15 bits per heavy atom. The minimum atomic E-state index is -2.65. The van der Waals surface area contributed by atoms with Gasteiger partial charge in [-0.15, -0.1) is 0 Å². The van der Waals surface area contributed by atoms with Crippen molar-refractivity contribution >= 4 is 23.3 Å². The van der Waals surface area contributed by atoms with Gasteiger partial charge < -0.3 is 19.7 Å². The molecule has 1 saturated carbocycles. The molecule has 142 valence electrons. The van der Waals surface area contributed by atoms with Gasteiger partial charge in [0.15, 0.2) is 5.75 Å². The second-order valence-electron chi connectivity index (χ2n) is 6.87. The van der Waals surface area contributed by atoms with Crippen LogP contribution in [0.5, 0.6) is 17.2 Å². The molecule has 0 unspecified atom stereocenters. The van der Waals surface area contributed by atoms with Gasteiger partial charge in [-0.25, -0.2) is 13.6 Å². The third kappa shape index (κ3) is 3.27. The first-order valence-corrected chi connectivity index (χ1v) is 8.75. The lowest BCUT2D eigenvalue weighted by atomic mass is 9.96. The predicted molar refractivity (Wildman–Crippen MR) is 97.1 cm³/mol. The van der Waals surface area contributed by atoms with Gasteiger partial charge in [0.2, 0.25) is 0 Å². The van der Waals surface area contributed by atoms with Crippen LogP contribution in [0.4, 0.5) is 19.3 Å². The van der Waals surface area contributed by atoms with E-state index in [0.29, 0.717) is 28.0 Å². The summed E-state index contributed by atoms with van der Waals surface area (Å²) in [5.41, 5.74) is -0.645. The minimum absolute atomic E-state index is 0.0566. The molecular formula is C19H17ClF2N2O3. The molecule has 1 aliphatic carbocycles. The number of halogens is 3. The van der Waals surface area contributed by atoms with Crippen LogP contribution in [0, 0.1) is 5.41 Å². The number of hydrogen-bond acceptors (Lipinski definition) is 3. The second-order valence-corrected chi connectivity index (χ2v) is 7.30. The number of nitrogens with zero attached hydrogens (tertiary/aromatic N) is 1. The number of ether oxygens (including phenoxy) is 2. The van der Waals surface area contributed by atoms with Crippen molar-refractivity contribution in [2.45, 2.75) is 12.3 Å². The smallest absolute Gasteiger partial charge is 0.321 e. The van der Waals surface area contributed by atoms with Gasteiger partial charge in [-0.3, -0.25) is 0 Å². The van der Waals surface area contributed by atoms with Gasteiger partial charge in [0, 0.05) is 24.5 Å². The molecule has 2 aliphatic rings. The summed E-state index contributed by atoms with van der Waals surface area (Å²) in [7, 11) is 1.57. The maximum absolute atomic E-state index is 13.3. The number of amides is 2. The Bertz CT molecular complexity index is 883. The number of hydrogen-bond donors (Lipinski definition) is 1. The number of likely N-dealkylation sites (tertiary alicyclic amines) is 1. The fourth-order valence-electron chi connectivity index (χ4n) is 3.21. The van der Waals surface area contributed by atoms with Gasteiger partial charge in [0.25, 0.3) is 5.92 Å². The largest absolute Gasteiger partial charge is 0.497 e. The quantitative estimate of drug-likeness (QED) is 0.792. The molecule has 1 aliphatic heterocycles. The van der Waals surface area contributed by atoms with Crippen molar-refractivity contribution in [1.82, 2.24) is 4.90 Å². The van der Waals surface area contributed by atoms with Gasteiger partial charge >= 0.3 is 6.03 Å². The van der Waals surface area contributed by atoms with E-state index in [2.05, 4.69) is 5.32 Å². The zero-order valence-corrected chi connectivity index (χ0v) is 15.2. The van der Waals surface area contributed by atoms with Crippen LogP contribution in [0.25, 0.3) is 0 Å². The summed E-state index contributed by atoms with van der Waals surface area (Å²) in [5, 5.41) is 3.11. The summed E-state index contributed by atoms with van der Waals surface area (Å²) in [6, 6.07) is 11.3. The Hall–Kier alpha value is -2.54. The standard InChI is InChI=1S/C19H17ClF2N2O3/c1-26-13-3-5-14(6-4-13)27-16-7-2-12(20)8-15(16)23-17(25)24-10-18(11-24)9-19(18,21)22/h2-8H,9-11H2,1H3,(H,23,25). The first kappa shape index (κ1) is 17.9. The molecule has 1 heterocycles. The molecule has 27 heavy (non-hydrogen) atoms. The molecule has 2 aromatic rings. The number of alkyl halides is 2. The lowest BCUT2D eigenvalue weighted by Gasteiger charge is -2.39. The molecule has 1 saturated heterocycles. The van der Waals surface area contributed by atoms with Gasteiger partial charge in [-0.1, -0.05) is 11.6 Å². The molecule has 0 aromatic heterocycles. The van der Waals surface area contributed by atoms with Crippen molar-refractivity contribution in [3.8, 4) is 17.2 Å². The fourth-order valence-corrected chi connectivity index (χ4v) is 3.38. The Kier molecular flexibility index (Phi) is 4.14. The average molecular weight is 395 g/mol. The molecule has 2 amide bonds. The fraction of sp³-hybridized carbons (Fsp3) is 0.316. The number of urea groups is 1. The van der Waals surface area contributed by atoms with Crippen molar-refractivity contribution in [2.75, 3.05) is 25.5 Å². The second kappa shape index (κ2) is 6.27. The monoisotopic (exact) mass is 394 g/mol. The lowest BCUT2D eigenvalue weighted by molar-refractivity contribution is -0.00258. The number of benzene rings is 2. The van der Waals surface area contributed by atoms with Crippen LogP contribution in [0.15, 0.2) is 42.5 Å². The van der Waals surface area contributed by atoms with Crippen LogP contribution in [0.2, 0.25) is 5.02 Å². The minimum Gasteiger partial charge on any atom is -0.497 e. The lowest BCUT2D eigenvalue weighted by Crippen LogP contribution is -2.55. The van der Waals surface area contributed by atoms with Crippen LogP contribution < -0.4 is 14.8 Å². The van der Waals surface area contributed by atoms with Crippen molar-refractivity contribution < 1.29 is 23.0 Å². The van der Waals surface area contributed by atoms with Crippen LogP contribution in [0.1, 0.15) is 6.42 Å². The number of carbonyl (C=O) groups is 1. The highest BCUT2D eigenvalue weighted by molar-refractivity contribution is 6.31. The highest BCUT2D eigenvalue weighted by Gasteiger charge is 2.76. The summed E-state index contributed by atoms with van der Waals surface area (Å²) in [5.74, 6) is -1.02. The molecule has 0 bridgehead atoms. The van der Waals surface area contributed by atoms with E-state index in [1.54, 1.807) is 49.6 Å². The third-order valence-corrected chi connectivity index (χ3v) is 5.19. The summed E-state index contributed by atoms with van der Waals surface area (Å²) in [4.78, 5) is 13.7. The Labute approximate surface area is 159 Å². The van der Waals surface area contributed by atoms with E-state index in [9.17, 15) is 13.6 Å². The van der Waals surface area contributed by atoms with Crippen molar-refractivity contribution in [1.29, 1.82) is 0 Å².